The number of thioether (sulfide) groups is 1. The molecule has 0 aromatic heterocycles. The summed E-state index contributed by atoms with van der Waals surface area (Å²) in [4.78, 5) is 24.7. The molecule has 1 N–H and O–H groups in total. The normalized spacial score (nSPS) is 14.0. The van der Waals surface area contributed by atoms with E-state index in [9.17, 15) is 9.59 Å². The molecule has 4 nitrogen and oxygen atoms in total. The Kier molecular flexibility index (Phi) is 3.91. The molecule has 0 bridgehead atoms. The van der Waals surface area contributed by atoms with Crippen molar-refractivity contribution in [2.45, 2.75) is 6.42 Å². The number of amides is 2. The van der Waals surface area contributed by atoms with E-state index < -0.39 is 0 Å². The number of anilines is 1. The summed E-state index contributed by atoms with van der Waals surface area (Å²) in [5.74, 6) is 0.671. The number of rotatable bonds is 5. The topological polar surface area (TPSA) is 49.4 Å². The molecule has 0 aliphatic carbocycles. The highest BCUT2D eigenvalue weighted by molar-refractivity contribution is 7.98. The molecule has 1 aliphatic heterocycles. The molecule has 2 amide bonds. The van der Waals surface area contributed by atoms with Gasteiger partial charge in [-0.15, -0.1) is 0 Å². The van der Waals surface area contributed by atoms with Gasteiger partial charge < -0.3 is 5.32 Å². The first kappa shape index (κ1) is 13.0. The van der Waals surface area contributed by atoms with Gasteiger partial charge in [0.25, 0.3) is 11.8 Å². The fourth-order valence-corrected chi connectivity index (χ4v) is 2.35. The van der Waals surface area contributed by atoms with E-state index in [1.807, 2.05) is 17.8 Å². The molecule has 1 aliphatic rings. The maximum Gasteiger partial charge on any atom is 0.261 e. The smallest absolute Gasteiger partial charge is 0.261 e. The van der Waals surface area contributed by atoms with Crippen LogP contribution < -0.4 is 5.32 Å². The van der Waals surface area contributed by atoms with Crippen molar-refractivity contribution in [3.63, 3.8) is 0 Å². The van der Waals surface area contributed by atoms with Gasteiger partial charge in [0.2, 0.25) is 0 Å². The maximum atomic E-state index is 11.8. The van der Waals surface area contributed by atoms with Crippen LogP contribution in [0.25, 0.3) is 0 Å². The molecule has 0 fully saturated rings. The van der Waals surface area contributed by atoms with Gasteiger partial charge in [-0.05, 0) is 36.6 Å². The molecular formula is C13H16N2O2S. The Labute approximate surface area is 111 Å². The van der Waals surface area contributed by atoms with Crippen molar-refractivity contribution in [1.29, 1.82) is 0 Å². The number of fused-ring (bicyclic) bond motifs is 1. The van der Waals surface area contributed by atoms with Crippen LogP contribution >= 0.6 is 11.8 Å². The number of imide groups is 1. The number of carbonyl (C=O) groups excluding carboxylic acids is 2. The van der Waals surface area contributed by atoms with E-state index >= 15 is 0 Å². The fourth-order valence-electron chi connectivity index (χ4n) is 1.92. The number of nitrogens with one attached hydrogen (secondary N) is 1. The van der Waals surface area contributed by atoms with E-state index in [0.29, 0.717) is 11.1 Å². The Morgan fingerprint density at radius 1 is 1.22 bits per heavy atom. The SMILES string of the molecule is CSCCCNc1ccc2c(c1)C(=O)N(C)C2=O. The Hall–Kier alpha value is -1.49. The molecular weight excluding hydrogens is 248 g/mol. The van der Waals surface area contributed by atoms with Crippen molar-refractivity contribution >= 4 is 29.3 Å². The van der Waals surface area contributed by atoms with Crippen molar-refractivity contribution in [3.8, 4) is 0 Å². The highest BCUT2D eigenvalue weighted by Crippen LogP contribution is 2.24. The van der Waals surface area contributed by atoms with Crippen molar-refractivity contribution in [1.82, 2.24) is 4.90 Å². The monoisotopic (exact) mass is 264 g/mol. The zero-order valence-corrected chi connectivity index (χ0v) is 11.3. The van der Waals surface area contributed by atoms with E-state index in [0.717, 1.165) is 29.3 Å². The predicted molar refractivity (Wildman–Crippen MR) is 74.4 cm³/mol. The molecule has 5 heteroatoms. The van der Waals surface area contributed by atoms with E-state index in [-0.39, 0.29) is 11.8 Å². The molecule has 0 unspecified atom stereocenters. The second-order valence-corrected chi connectivity index (χ2v) is 5.19. The van der Waals surface area contributed by atoms with E-state index in [1.54, 1.807) is 12.1 Å². The van der Waals surface area contributed by atoms with E-state index in [4.69, 9.17) is 0 Å². The van der Waals surface area contributed by atoms with Crippen LogP contribution in [0.5, 0.6) is 0 Å². The average Bonchev–Trinajstić information content (AvgIpc) is 2.60. The molecule has 1 aromatic carbocycles. The van der Waals surface area contributed by atoms with Gasteiger partial charge in [0.15, 0.2) is 0 Å². The minimum Gasteiger partial charge on any atom is -0.385 e. The van der Waals surface area contributed by atoms with Crippen LogP contribution in [0.3, 0.4) is 0 Å². The lowest BCUT2D eigenvalue weighted by molar-refractivity contribution is 0.0693. The van der Waals surface area contributed by atoms with Crippen molar-refractivity contribution in [2.75, 3.05) is 30.9 Å². The summed E-state index contributed by atoms with van der Waals surface area (Å²) in [5, 5.41) is 3.26. The molecule has 0 spiro atoms. The number of hydrogen-bond donors (Lipinski definition) is 1. The first-order chi connectivity index (χ1) is 8.65. The number of hydrogen-bond acceptors (Lipinski definition) is 4. The third-order valence-corrected chi connectivity index (χ3v) is 3.64. The average molecular weight is 264 g/mol. The zero-order chi connectivity index (χ0) is 13.1. The Balaban J connectivity index is 2.09. The maximum absolute atomic E-state index is 11.8. The lowest BCUT2D eigenvalue weighted by Gasteiger charge is -2.06. The largest absolute Gasteiger partial charge is 0.385 e. The van der Waals surface area contributed by atoms with Gasteiger partial charge in [-0.2, -0.15) is 11.8 Å². The Morgan fingerprint density at radius 2 is 1.94 bits per heavy atom. The summed E-state index contributed by atoms with van der Waals surface area (Å²) in [6.45, 7) is 0.873. The fraction of sp³-hybridized carbons (Fsp3) is 0.385. The molecule has 0 atom stereocenters. The highest BCUT2D eigenvalue weighted by Gasteiger charge is 2.32. The molecule has 0 saturated carbocycles. The molecule has 2 rings (SSSR count). The van der Waals surface area contributed by atoms with Crippen molar-refractivity contribution in [3.05, 3.63) is 29.3 Å². The van der Waals surface area contributed by atoms with E-state index in [2.05, 4.69) is 11.6 Å². The van der Waals surface area contributed by atoms with Gasteiger partial charge in [0, 0.05) is 19.3 Å². The third-order valence-electron chi connectivity index (χ3n) is 2.94. The van der Waals surface area contributed by atoms with Gasteiger partial charge in [0.1, 0.15) is 0 Å². The molecule has 0 saturated heterocycles. The Morgan fingerprint density at radius 3 is 2.67 bits per heavy atom. The van der Waals surface area contributed by atoms with E-state index in [1.165, 1.54) is 7.05 Å². The van der Waals surface area contributed by atoms with Gasteiger partial charge in [-0.3, -0.25) is 14.5 Å². The summed E-state index contributed by atoms with van der Waals surface area (Å²) in [6.07, 6.45) is 3.15. The van der Waals surface area contributed by atoms with Crippen LogP contribution in [0.4, 0.5) is 5.69 Å². The molecule has 96 valence electrons. The minimum absolute atomic E-state index is 0.219. The first-order valence-electron chi connectivity index (χ1n) is 5.84. The number of carbonyl (C=O) groups is 2. The molecule has 1 aromatic rings. The summed E-state index contributed by atoms with van der Waals surface area (Å²) in [6, 6.07) is 5.33. The summed E-state index contributed by atoms with van der Waals surface area (Å²) in [7, 11) is 1.51. The van der Waals surface area contributed by atoms with Gasteiger partial charge in [-0.25, -0.2) is 0 Å². The van der Waals surface area contributed by atoms with Crippen LogP contribution in [0.1, 0.15) is 27.1 Å². The van der Waals surface area contributed by atoms with Gasteiger partial charge in [-0.1, -0.05) is 0 Å². The second-order valence-electron chi connectivity index (χ2n) is 4.20. The molecule has 1 heterocycles. The van der Waals surface area contributed by atoms with Crippen molar-refractivity contribution < 1.29 is 9.59 Å². The number of nitrogens with zero attached hydrogens (tertiary/aromatic N) is 1. The molecule has 0 radical (unpaired) electrons. The van der Waals surface area contributed by atoms with Crippen LogP contribution in [0.15, 0.2) is 18.2 Å². The first-order valence-corrected chi connectivity index (χ1v) is 7.24. The van der Waals surface area contributed by atoms with Gasteiger partial charge in [0.05, 0.1) is 11.1 Å². The third kappa shape index (κ3) is 2.36. The van der Waals surface area contributed by atoms with Crippen molar-refractivity contribution in [2.24, 2.45) is 0 Å². The lowest BCUT2D eigenvalue weighted by atomic mass is 10.1. The second kappa shape index (κ2) is 5.44. The van der Waals surface area contributed by atoms with Crippen LogP contribution in [-0.4, -0.2) is 42.3 Å². The molecule has 18 heavy (non-hydrogen) atoms. The Bertz CT molecular complexity index is 488. The highest BCUT2D eigenvalue weighted by atomic mass is 32.2. The predicted octanol–water partition coefficient (Wildman–Crippen LogP) is 2.08. The quantitative estimate of drug-likeness (QED) is 0.653. The summed E-state index contributed by atoms with van der Waals surface area (Å²) >= 11 is 1.81. The van der Waals surface area contributed by atoms with Crippen LogP contribution in [0.2, 0.25) is 0 Å². The summed E-state index contributed by atoms with van der Waals surface area (Å²) < 4.78 is 0. The minimum atomic E-state index is -0.220. The zero-order valence-electron chi connectivity index (χ0n) is 10.5. The standard InChI is InChI=1S/C13H16N2O2S/c1-15-12(16)10-5-4-9(8-11(10)13(15)17)14-6-3-7-18-2/h4-5,8,14H,3,6-7H2,1-2H3. The lowest BCUT2D eigenvalue weighted by Crippen LogP contribution is -2.24. The van der Waals surface area contributed by atoms with Crippen LogP contribution in [0, 0.1) is 0 Å². The number of benzene rings is 1. The summed E-state index contributed by atoms with van der Waals surface area (Å²) in [5.41, 5.74) is 1.89. The van der Waals surface area contributed by atoms with Crippen LogP contribution in [-0.2, 0) is 0 Å². The van der Waals surface area contributed by atoms with Gasteiger partial charge >= 0.3 is 0 Å².